The quantitative estimate of drug-likeness (QED) is 0.657. The molecule has 1 aliphatic heterocycles. The van der Waals surface area contributed by atoms with Gasteiger partial charge in [0.05, 0.1) is 12.2 Å². The smallest absolute Gasteiger partial charge is 0.272 e. The number of aromatic nitrogens is 3. The van der Waals surface area contributed by atoms with Crippen LogP contribution in [0.15, 0.2) is 47.8 Å². The lowest BCUT2D eigenvalue weighted by Crippen LogP contribution is -2.13. The summed E-state index contributed by atoms with van der Waals surface area (Å²) in [6.07, 6.45) is 3.04. The Hall–Kier alpha value is -3.23. The third kappa shape index (κ3) is 4.13. The first-order valence-electron chi connectivity index (χ1n) is 9.37. The van der Waals surface area contributed by atoms with Crippen LogP contribution in [0, 0.1) is 0 Å². The molecule has 0 amide bonds. The molecule has 4 rings (SSSR count). The second-order valence-electron chi connectivity index (χ2n) is 7.00. The molecule has 29 heavy (non-hydrogen) atoms. The number of ether oxygens (including phenoxy) is 1. The van der Waals surface area contributed by atoms with Gasteiger partial charge in [0.25, 0.3) is 6.43 Å². The summed E-state index contributed by atoms with van der Waals surface area (Å²) in [6.45, 7) is 2.09. The molecule has 0 bridgehead atoms. The Balaban J connectivity index is 1.56. The molecule has 2 aromatic heterocycles. The van der Waals surface area contributed by atoms with E-state index >= 15 is 0 Å². The Morgan fingerprint density at radius 1 is 1.28 bits per heavy atom. The van der Waals surface area contributed by atoms with Crippen molar-refractivity contribution in [1.82, 2.24) is 19.6 Å². The number of hydrazone groups is 1. The third-order valence-electron chi connectivity index (χ3n) is 4.82. The molecule has 1 aliphatic rings. The summed E-state index contributed by atoms with van der Waals surface area (Å²) >= 11 is 0. The van der Waals surface area contributed by atoms with Crippen molar-refractivity contribution < 1.29 is 13.5 Å². The van der Waals surface area contributed by atoms with E-state index < -0.39 is 13.0 Å². The zero-order valence-electron chi connectivity index (χ0n) is 16.2. The van der Waals surface area contributed by atoms with E-state index in [1.807, 2.05) is 55.8 Å². The number of fused-ring (bicyclic) bond motifs is 1. The van der Waals surface area contributed by atoms with Gasteiger partial charge in [0, 0.05) is 43.0 Å². The number of nitrogens with zero attached hydrogens (tertiary/aromatic N) is 5. The number of para-hydroxylation sites is 1. The molecule has 0 spiro atoms. The van der Waals surface area contributed by atoms with Gasteiger partial charge in [0.2, 0.25) is 0 Å². The molecule has 152 valence electrons. The minimum atomic E-state index is -2.52. The fourth-order valence-electron chi connectivity index (χ4n) is 3.40. The van der Waals surface area contributed by atoms with Crippen LogP contribution in [-0.2, 0) is 0 Å². The highest BCUT2D eigenvalue weighted by Gasteiger charge is 2.22. The Morgan fingerprint density at radius 3 is 2.86 bits per heavy atom. The van der Waals surface area contributed by atoms with Crippen molar-refractivity contribution in [1.29, 1.82) is 0 Å². The predicted octanol–water partition coefficient (Wildman–Crippen LogP) is 3.56. The molecule has 2 atom stereocenters. The average Bonchev–Trinajstić information content (AvgIpc) is 3.32. The lowest BCUT2D eigenvalue weighted by Gasteiger charge is -2.19. The van der Waals surface area contributed by atoms with Crippen molar-refractivity contribution in [3.8, 4) is 5.75 Å². The van der Waals surface area contributed by atoms with Crippen LogP contribution in [0.5, 0.6) is 5.75 Å². The van der Waals surface area contributed by atoms with Gasteiger partial charge >= 0.3 is 0 Å². The number of rotatable bonds is 7. The molecule has 1 aromatic carbocycles. The monoisotopic (exact) mass is 400 g/mol. The van der Waals surface area contributed by atoms with Crippen molar-refractivity contribution >= 4 is 17.7 Å². The van der Waals surface area contributed by atoms with Gasteiger partial charge in [-0.1, -0.05) is 18.2 Å². The number of nitrogens with one attached hydrogen (secondary N) is 1. The first kappa shape index (κ1) is 19.1. The molecule has 0 saturated carbocycles. The number of benzene rings is 1. The molecule has 1 N–H and O–H groups in total. The highest BCUT2D eigenvalue weighted by Crippen LogP contribution is 2.29. The molecule has 0 fully saturated rings. The zero-order chi connectivity index (χ0) is 20.4. The van der Waals surface area contributed by atoms with Gasteiger partial charge in [-0.3, -0.25) is 5.01 Å². The standard InChI is InChI=1S/C20H22F2N6O/c1-13(15-5-3-4-6-17(15)29-12-18(21)22)25-19-7-8-28-20(26-19)16(10-24-28)14-9-23-27(2)11-14/h3-10,13-14,18H,11-12H2,1-2H3,(H,25,26). The minimum Gasteiger partial charge on any atom is -0.487 e. The van der Waals surface area contributed by atoms with E-state index in [1.54, 1.807) is 16.6 Å². The molecular weight excluding hydrogens is 378 g/mol. The largest absolute Gasteiger partial charge is 0.487 e. The van der Waals surface area contributed by atoms with Crippen LogP contribution in [-0.4, -0.2) is 52.4 Å². The zero-order valence-corrected chi connectivity index (χ0v) is 16.2. The van der Waals surface area contributed by atoms with Gasteiger partial charge in [-0.25, -0.2) is 18.3 Å². The van der Waals surface area contributed by atoms with Crippen LogP contribution in [0.1, 0.15) is 30.0 Å². The Morgan fingerprint density at radius 2 is 2.10 bits per heavy atom. The maximum Gasteiger partial charge on any atom is 0.272 e. The van der Waals surface area contributed by atoms with Gasteiger partial charge < -0.3 is 10.1 Å². The van der Waals surface area contributed by atoms with E-state index in [2.05, 4.69) is 15.5 Å². The summed E-state index contributed by atoms with van der Waals surface area (Å²) in [5.74, 6) is 1.24. The summed E-state index contributed by atoms with van der Waals surface area (Å²) in [7, 11) is 1.93. The fraction of sp³-hybridized carbons (Fsp3) is 0.350. The molecule has 2 unspecified atom stereocenters. The molecular formula is C20H22F2N6O. The third-order valence-corrected chi connectivity index (χ3v) is 4.82. The number of anilines is 1. The van der Waals surface area contributed by atoms with Crippen molar-refractivity contribution in [2.75, 3.05) is 25.5 Å². The first-order valence-corrected chi connectivity index (χ1v) is 9.37. The molecule has 3 heterocycles. The summed E-state index contributed by atoms with van der Waals surface area (Å²) < 4.78 is 32.1. The van der Waals surface area contributed by atoms with Gasteiger partial charge in [0.15, 0.2) is 5.65 Å². The van der Waals surface area contributed by atoms with Crippen molar-refractivity contribution in [3.63, 3.8) is 0 Å². The van der Waals surface area contributed by atoms with Gasteiger partial charge in [-0.05, 0) is 19.1 Å². The molecule has 9 heteroatoms. The number of alkyl halides is 2. The van der Waals surface area contributed by atoms with E-state index in [1.165, 1.54) is 0 Å². The van der Waals surface area contributed by atoms with Crippen LogP contribution < -0.4 is 10.1 Å². The van der Waals surface area contributed by atoms with Crippen molar-refractivity contribution in [2.45, 2.75) is 25.3 Å². The topological polar surface area (TPSA) is 67.0 Å². The maximum absolute atomic E-state index is 12.5. The van der Waals surface area contributed by atoms with E-state index in [0.29, 0.717) is 11.6 Å². The van der Waals surface area contributed by atoms with E-state index in [-0.39, 0.29) is 12.0 Å². The maximum atomic E-state index is 12.5. The van der Waals surface area contributed by atoms with Crippen LogP contribution in [0.4, 0.5) is 14.6 Å². The second-order valence-corrected chi connectivity index (χ2v) is 7.00. The van der Waals surface area contributed by atoms with Crippen LogP contribution >= 0.6 is 0 Å². The second kappa shape index (κ2) is 8.02. The van der Waals surface area contributed by atoms with Crippen LogP contribution in [0.25, 0.3) is 5.65 Å². The van der Waals surface area contributed by atoms with Gasteiger partial charge in [0.1, 0.15) is 18.2 Å². The highest BCUT2D eigenvalue weighted by molar-refractivity contribution is 5.73. The van der Waals surface area contributed by atoms with Crippen LogP contribution in [0.2, 0.25) is 0 Å². The highest BCUT2D eigenvalue weighted by atomic mass is 19.3. The predicted molar refractivity (Wildman–Crippen MR) is 107 cm³/mol. The minimum absolute atomic E-state index is 0.140. The van der Waals surface area contributed by atoms with Crippen molar-refractivity contribution in [2.24, 2.45) is 5.10 Å². The Kier molecular flexibility index (Phi) is 5.28. The molecule has 0 aliphatic carbocycles. The summed E-state index contributed by atoms with van der Waals surface area (Å²) in [6, 6.07) is 8.80. The molecule has 7 nitrogen and oxygen atoms in total. The number of halogens is 2. The first-order chi connectivity index (χ1) is 14.0. The van der Waals surface area contributed by atoms with Crippen molar-refractivity contribution in [3.05, 3.63) is 53.9 Å². The van der Waals surface area contributed by atoms with E-state index in [9.17, 15) is 8.78 Å². The Labute approximate surface area is 167 Å². The van der Waals surface area contributed by atoms with Crippen LogP contribution in [0.3, 0.4) is 0 Å². The summed E-state index contributed by atoms with van der Waals surface area (Å²) in [5.41, 5.74) is 2.55. The van der Waals surface area contributed by atoms with Gasteiger partial charge in [-0.2, -0.15) is 10.2 Å². The number of hydrogen-bond donors (Lipinski definition) is 1. The summed E-state index contributed by atoms with van der Waals surface area (Å²) in [5, 5.41) is 13.9. The molecule has 3 aromatic rings. The average molecular weight is 400 g/mol. The van der Waals surface area contributed by atoms with Gasteiger partial charge in [-0.15, -0.1) is 0 Å². The normalized spacial score (nSPS) is 17.3. The lowest BCUT2D eigenvalue weighted by molar-refractivity contribution is 0.0813. The number of likely N-dealkylation sites (N-methyl/N-ethyl adjacent to an activating group) is 1. The van der Waals surface area contributed by atoms with E-state index in [4.69, 9.17) is 9.72 Å². The fourth-order valence-corrected chi connectivity index (χ4v) is 3.40. The SMILES string of the molecule is CC(Nc1ccn2ncc(C3C=NN(C)C3)c2n1)c1ccccc1OCC(F)F. The molecule has 0 saturated heterocycles. The summed E-state index contributed by atoms with van der Waals surface area (Å²) in [4.78, 5) is 4.72. The number of hydrogen-bond acceptors (Lipinski definition) is 6. The lowest BCUT2D eigenvalue weighted by atomic mass is 10.0. The molecule has 0 radical (unpaired) electrons. The van der Waals surface area contributed by atoms with E-state index in [0.717, 1.165) is 23.3 Å². The Bertz CT molecular complexity index is 1020.